The van der Waals surface area contributed by atoms with Crippen molar-refractivity contribution in [3.8, 4) is 0 Å². The van der Waals surface area contributed by atoms with Gasteiger partial charge in [0.2, 0.25) is 10.0 Å². The summed E-state index contributed by atoms with van der Waals surface area (Å²) in [5.41, 5.74) is 0. The Balaban J connectivity index is 2.14. The maximum absolute atomic E-state index is 11.7. The van der Waals surface area contributed by atoms with E-state index in [-0.39, 0.29) is 5.75 Å². The second-order valence-corrected chi connectivity index (χ2v) is 8.53. The molecule has 0 aromatic rings. The molecule has 1 heterocycles. The van der Waals surface area contributed by atoms with Crippen molar-refractivity contribution < 1.29 is 8.42 Å². The molecule has 0 aromatic carbocycles. The van der Waals surface area contributed by atoms with E-state index >= 15 is 0 Å². The highest BCUT2D eigenvalue weighted by atomic mass is 32.2. The van der Waals surface area contributed by atoms with Crippen molar-refractivity contribution in [3.05, 3.63) is 0 Å². The van der Waals surface area contributed by atoms with E-state index in [0.717, 1.165) is 30.9 Å². The zero-order valence-corrected chi connectivity index (χ0v) is 12.7. The van der Waals surface area contributed by atoms with Crippen LogP contribution < -0.4 is 10.0 Å². The Morgan fingerprint density at radius 3 is 2.76 bits per heavy atom. The van der Waals surface area contributed by atoms with Gasteiger partial charge in [-0.25, -0.2) is 13.1 Å². The predicted octanol–water partition coefficient (Wildman–Crippen LogP) is 0.754. The fraction of sp³-hybridized carbons (Fsp3) is 1.00. The average Bonchev–Trinajstić information content (AvgIpc) is 2.34. The first-order chi connectivity index (χ1) is 8.14. The van der Waals surface area contributed by atoms with Gasteiger partial charge in [-0.05, 0) is 26.4 Å². The van der Waals surface area contributed by atoms with Crippen LogP contribution in [0.15, 0.2) is 0 Å². The Morgan fingerprint density at radius 1 is 1.29 bits per heavy atom. The van der Waals surface area contributed by atoms with E-state index in [9.17, 15) is 8.42 Å². The lowest BCUT2D eigenvalue weighted by Crippen LogP contribution is -2.34. The molecule has 1 atom stereocenters. The highest BCUT2D eigenvalue weighted by molar-refractivity contribution is 8.06. The standard InChI is InChI=1S/C10H22N2O2S3/c1-11-4-2-3-7-17(13,14)12-8-10-9-15-5-6-16-10/h10-12H,2-9H2,1H3. The largest absolute Gasteiger partial charge is 0.320 e. The molecule has 0 aromatic heterocycles. The Labute approximate surface area is 113 Å². The van der Waals surface area contributed by atoms with Gasteiger partial charge in [-0.3, -0.25) is 0 Å². The summed E-state index contributed by atoms with van der Waals surface area (Å²) < 4.78 is 26.1. The van der Waals surface area contributed by atoms with E-state index in [1.807, 2.05) is 30.6 Å². The Bertz CT molecular complexity index is 290. The monoisotopic (exact) mass is 298 g/mol. The van der Waals surface area contributed by atoms with Gasteiger partial charge in [-0.1, -0.05) is 0 Å². The van der Waals surface area contributed by atoms with Crippen molar-refractivity contribution >= 4 is 33.5 Å². The summed E-state index contributed by atoms with van der Waals surface area (Å²) in [4.78, 5) is 0. The van der Waals surface area contributed by atoms with E-state index in [0.29, 0.717) is 11.8 Å². The molecule has 0 aliphatic carbocycles. The van der Waals surface area contributed by atoms with Gasteiger partial charge < -0.3 is 5.32 Å². The molecular formula is C10H22N2O2S3. The maximum Gasteiger partial charge on any atom is 0.211 e. The van der Waals surface area contributed by atoms with Gasteiger partial charge in [-0.15, -0.1) is 0 Å². The topological polar surface area (TPSA) is 58.2 Å². The first-order valence-electron chi connectivity index (χ1n) is 5.95. The smallest absolute Gasteiger partial charge is 0.211 e. The fourth-order valence-electron chi connectivity index (χ4n) is 1.54. The molecule has 4 nitrogen and oxygen atoms in total. The van der Waals surface area contributed by atoms with Gasteiger partial charge in [0.05, 0.1) is 5.75 Å². The van der Waals surface area contributed by atoms with Crippen LogP contribution in [0, 0.1) is 0 Å². The number of thioether (sulfide) groups is 2. The lowest BCUT2D eigenvalue weighted by Gasteiger charge is -2.21. The molecule has 2 N–H and O–H groups in total. The van der Waals surface area contributed by atoms with Crippen LogP contribution in [0.4, 0.5) is 0 Å². The van der Waals surface area contributed by atoms with Crippen LogP contribution in [0.2, 0.25) is 0 Å². The first kappa shape index (κ1) is 15.6. The highest BCUT2D eigenvalue weighted by Crippen LogP contribution is 2.23. The third-order valence-corrected chi connectivity index (χ3v) is 6.78. The zero-order valence-electron chi connectivity index (χ0n) is 10.3. The van der Waals surface area contributed by atoms with Gasteiger partial charge in [0, 0.05) is 29.1 Å². The molecule has 0 bridgehead atoms. The van der Waals surface area contributed by atoms with E-state index in [1.165, 1.54) is 5.75 Å². The number of unbranched alkanes of at least 4 members (excludes halogenated alkanes) is 1. The van der Waals surface area contributed by atoms with Crippen molar-refractivity contribution in [2.75, 3.05) is 43.1 Å². The van der Waals surface area contributed by atoms with Gasteiger partial charge in [0.25, 0.3) is 0 Å². The van der Waals surface area contributed by atoms with Crippen LogP contribution in [-0.4, -0.2) is 56.8 Å². The summed E-state index contributed by atoms with van der Waals surface area (Å²) in [5, 5.41) is 3.46. The summed E-state index contributed by atoms with van der Waals surface area (Å²) in [6.45, 7) is 1.47. The molecule has 0 saturated carbocycles. The van der Waals surface area contributed by atoms with E-state index in [1.54, 1.807) is 0 Å². The molecule has 1 aliphatic heterocycles. The zero-order chi connectivity index (χ0) is 12.6. The molecule has 1 saturated heterocycles. The number of hydrogen-bond acceptors (Lipinski definition) is 5. The van der Waals surface area contributed by atoms with Gasteiger partial charge in [-0.2, -0.15) is 23.5 Å². The van der Waals surface area contributed by atoms with Crippen molar-refractivity contribution in [1.29, 1.82) is 0 Å². The number of sulfonamides is 1. The lowest BCUT2D eigenvalue weighted by atomic mass is 10.3. The van der Waals surface area contributed by atoms with Crippen molar-refractivity contribution in [2.24, 2.45) is 0 Å². The molecule has 0 amide bonds. The van der Waals surface area contributed by atoms with Gasteiger partial charge in [0.15, 0.2) is 0 Å². The third-order valence-electron chi connectivity index (χ3n) is 2.51. The van der Waals surface area contributed by atoms with E-state index in [4.69, 9.17) is 0 Å². The van der Waals surface area contributed by atoms with Crippen molar-refractivity contribution in [2.45, 2.75) is 18.1 Å². The molecular weight excluding hydrogens is 276 g/mol. The van der Waals surface area contributed by atoms with E-state index < -0.39 is 10.0 Å². The maximum atomic E-state index is 11.7. The van der Waals surface area contributed by atoms with Crippen LogP contribution in [-0.2, 0) is 10.0 Å². The minimum atomic E-state index is -3.06. The third kappa shape index (κ3) is 7.56. The minimum absolute atomic E-state index is 0.249. The van der Waals surface area contributed by atoms with Crippen LogP contribution >= 0.6 is 23.5 Å². The van der Waals surface area contributed by atoms with E-state index in [2.05, 4.69) is 10.0 Å². The molecule has 0 radical (unpaired) electrons. The summed E-state index contributed by atoms with van der Waals surface area (Å²) in [7, 11) is -1.18. The Hall–Kier alpha value is 0.570. The first-order valence-corrected chi connectivity index (χ1v) is 9.81. The second-order valence-electron chi connectivity index (χ2n) is 4.05. The second kappa shape index (κ2) is 8.63. The summed E-state index contributed by atoms with van der Waals surface area (Å²) in [5.74, 6) is 3.64. The van der Waals surface area contributed by atoms with Crippen molar-refractivity contribution in [1.82, 2.24) is 10.0 Å². The molecule has 7 heteroatoms. The molecule has 1 aliphatic rings. The number of nitrogens with one attached hydrogen (secondary N) is 2. The van der Waals surface area contributed by atoms with Crippen LogP contribution in [0.5, 0.6) is 0 Å². The fourth-order valence-corrected chi connectivity index (χ4v) is 5.44. The SMILES string of the molecule is CNCCCCS(=O)(=O)NCC1CSCCS1. The summed E-state index contributed by atoms with van der Waals surface area (Å²) >= 11 is 3.79. The molecule has 1 fully saturated rings. The van der Waals surface area contributed by atoms with Gasteiger partial charge in [0.1, 0.15) is 0 Å². The summed E-state index contributed by atoms with van der Waals surface area (Å²) in [6, 6.07) is 0. The van der Waals surface area contributed by atoms with Crippen LogP contribution in [0.25, 0.3) is 0 Å². The lowest BCUT2D eigenvalue weighted by molar-refractivity contribution is 0.576. The number of hydrogen-bond donors (Lipinski definition) is 2. The molecule has 0 spiro atoms. The number of rotatable bonds is 8. The molecule has 1 rings (SSSR count). The van der Waals surface area contributed by atoms with Gasteiger partial charge >= 0.3 is 0 Å². The van der Waals surface area contributed by atoms with Crippen LogP contribution in [0.1, 0.15) is 12.8 Å². The summed E-state index contributed by atoms with van der Waals surface area (Å²) in [6.07, 6.45) is 1.63. The van der Waals surface area contributed by atoms with Crippen LogP contribution in [0.3, 0.4) is 0 Å². The highest BCUT2D eigenvalue weighted by Gasteiger charge is 2.17. The Morgan fingerprint density at radius 2 is 2.12 bits per heavy atom. The Kier molecular flexibility index (Phi) is 7.94. The molecule has 1 unspecified atom stereocenters. The predicted molar refractivity (Wildman–Crippen MR) is 78.5 cm³/mol. The molecule has 17 heavy (non-hydrogen) atoms. The minimum Gasteiger partial charge on any atom is -0.320 e. The molecule has 102 valence electrons. The van der Waals surface area contributed by atoms with Crippen molar-refractivity contribution in [3.63, 3.8) is 0 Å². The normalized spacial score (nSPS) is 21.6. The average molecular weight is 298 g/mol. The quantitative estimate of drug-likeness (QED) is 0.648.